The quantitative estimate of drug-likeness (QED) is 0.525. The average molecular weight is 286 g/mol. The van der Waals surface area contributed by atoms with E-state index < -0.39 is 4.92 Å². The third-order valence-corrected chi connectivity index (χ3v) is 4.60. The van der Waals surface area contributed by atoms with E-state index in [-0.39, 0.29) is 11.6 Å². The number of nitrogens with zero attached hydrogens (tertiary/aromatic N) is 1. The van der Waals surface area contributed by atoms with Gasteiger partial charge in [0, 0.05) is 24.3 Å². The number of rotatable bonds is 4. The van der Waals surface area contributed by atoms with E-state index >= 15 is 0 Å². The van der Waals surface area contributed by atoms with Crippen molar-refractivity contribution in [2.45, 2.75) is 31.7 Å². The molecule has 0 aromatic heterocycles. The summed E-state index contributed by atoms with van der Waals surface area (Å²) < 4.78 is 0. The highest BCUT2D eigenvalue weighted by atomic mass is 16.6. The standard InChI is InChI=1S/C16H18N2O3/c19-16(17-15-10-12-1-5-13(15)9-12)8-4-11-2-6-14(7-3-11)18(20)21/h2-4,6-8,12-13,15H,1,5,9-10H2,(H,17,19)/b8-4+/t12-,13-,15-/m0/s1. The Balaban J connectivity index is 1.55. The van der Waals surface area contributed by atoms with E-state index in [0.29, 0.717) is 12.0 Å². The lowest BCUT2D eigenvalue weighted by molar-refractivity contribution is -0.384. The van der Waals surface area contributed by atoms with Crippen LogP contribution in [0.4, 0.5) is 5.69 Å². The number of non-ortho nitro benzene ring substituents is 1. The normalized spacial score (nSPS) is 27.1. The first-order chi connectivity index (χ1) is 10.1. The molecule has 0 spiro atoms. The van der Waals surface area contributed by atoms with Gasteiger partial charge in [0.15, 0.2) is 0 Å². The van der Waals surface area contributed by atoms with Crippen LogP contribution in [0.1, 0.15) is 31.2 Å². The molecule has 1 aromatic carbocycles. The van der Waals surface area contributed by atoms with Gasteiger partial charge in [-0.2, -0.15) is 0 Å². The van der Waals surface area contributed by atoms with Gasteiger partial charge in [0.05, 0.1) is 4.92 Å². The van der Waals surface area contributed by atoms with Gasteiger partial charge in [0.25, 0.3) is 5.69 Å². The molecule has 110 valence electrons. The first kappa shape index (κ1) is 13.8. The largest absolute Gasteiger partial charge is 0.350 e. The summed E-state index contributed by atoms with van der Waals surface area (Å²) in [6, 6.07) is 6.48. The number of benzene rings is 1. The topological polar surface area (TPSA) is 72.2 Å². The highest BCUT2D eigenvalue weighted by Crippen LogP contribution is 2.44. The summed E-state index contributed by atoms with van der Waals surface area (Å²) in [4.78, 5) is 22.0. The summed E-state index contributed by atoms with van der Waals surface area (Å²) in [6.45, 7) is 0. The second kappa shape index (κ2) is 5.68. The zero-order valence-corrected chi connectivity index (χ0v) is 11.7. The number of carbonyl (C=O) groups excluding carboxylic acids is 1. The van der Waals surface area contributed by atoms with Crippen LogP contribution >= 0.6 is 0 Å². The number of hydrogen-bond donors (Lipinski definition) is 1. The molecule has 21 heavy (non-hydrogen) atoms. The van der Waals surface area contributed by atoms with Crippen molar-refractivity contribution < 1.29 is 9.72 Å². The lowest BCUT2D eigenvalue weighted by Gasteiger charge is -2.22. The van der Waals surface area contributed by atoms with E-state index in [9.17, 15) is 14.9 Å². The molecule has 2 aliphatic carbocycles. The Labute approximate surface area is 123 Å². The van der Waals surface area contributed by atoms with Crippen molar-refractivity contribution in [3.05, 3.63) is 46.0 Å². The van der Waals surface area contributed by atoms with Gasteiger partial charge < -0.3 is 5.32 Å². The summed E-state index contributed by atoms with van der Waals surface area (Å²) in [5, 5.41) is 13.6. The van der Waals surface area contributed by atoms with Gasteiger partial charge in [-0.05, 0) is 54.9 Å². The molecule has 0 heterocycles. The highest BCUT2D eigenvalue weighted by Gasteiger charge is 2.39. The molecule has 0 radical (unpaired) electrons. The molecule has 3 atom stereocenters. The molecule has 1 N–H and O–H groups in total. The molecule has 2 bridgehead atoms. The van der Waals surface area contributed by atoms with E-state index in [0.717, 1.165) is 17.9 Å². The van der Waals surface area contributed by atoms with Crippen LogP contribution in [0.25, 0.3) is 6.08 Å². The van der Waals surface area contributed by atoms with Crippen LogP contribution in [0.3, 0.4) is 0 Å². The van der Waals surface area contributed by atoms with Gasteiger partial charge >= 0.3 is 0 Å². The summed E-state index contributed by atoms with van der Waals surface area (Å²) in [6.07, 6.45) is 8.12. The van der Waals surface area contributed by atoms with Crippen LogP contribution in [-0.2, 0) is 4.79 Å². The minimum Gasteiger partial charge on any atom is -0.350 e. The van der Waals surface area contributed by atoms with E-state index in [4.69, 9.17) is 0 Å². The predicted octanol–water partition coefficient (Wildman–Crippen LogP) is 2.91. The average Bonchev–Trinajstić information content (AvgIpc) is 3.08. The molecular weight excluding hydrogens is 268 g/mol. The Morgan fingerprint density at radius 1 is 1.24 bits per heavy atom. The molecule has 1 amide bonds. The van der Waals surface area contributed by atoms with Crippen LogP contribution in [0.5, 0.6) is 0 Å². The molecule has 0 unspecified atom stereocenters. The summed E-state index contributed by atoms with van der Waals surface area (Å²) in [5.74, 6) is 1.39. The lowest BCUT2D eigenvalue weighted by Crippen LogP contribution is -2.37. The van der Waals surface area contributed by atoms with Gasteiger partial charge in [-0.3, -0.25) is 14.9 Å². The maximum atomic E-state index is 11.9. The fourth-order valence-corrected chi connectivity index (χ4v) is 3.53. The van der Waals surface area contributed by atoms with Gasteiger partial charge in [0.2, 0.25) is 5.91 Å². The minimum absolute atomic E-state index is 0.0542. The number of nitro groups is 1. The van der Waals surface area contributed by atoms with Crippen LogP contribution in [0, 0.1) is 22.0 Å². The van der Waals surface area contributed by atoms with E-state index in [1.54, 1.807) is 18.2 Å². The first-order valence-electron chi connectivity index (χ1n) is 7.35. The molecule has 2 fully saturated rings. The Morgan fingerprint density at radius 3 is 2.57 bits per heavy atom. The molecular formula is C16H18N2O3. The highest BCUT2D eigenvalue weighted by molar-refractivity contribution is 5.92. The first-order valence-corrected chi connectivity index (χ1v) is 7.35. The summed E-state index contributed by atoms with van der Waals surface area (Å²) >= 11 is 0. The van der Waals surface area contributed by atoms with Crippen molar-refractivity contribution in [3.8, 4) is 0 Å². The monoisotopic (exact) mass is 286 g/mol. The number of nitro benzene ring substituents is 1. The summed E-state index contributed by atoms with van der Waals surface area (Å²) in [7, 11) is 0. The number of amides is 1. The molecule has 2 aliphatic rings. The zero-order chi connectivity index (χ0) is 14.8. The van der Waals surface area contributed by atoms with E-state index in [1.807, 2.05) is 0 Å². The van der Waals surface area contributed by atoms with Crippen LogP contribution in [0.15, 0.2) is 30.3 Å². The third kappa shape index (κ3) is 3.12. The molecule has 5 nitrogen and oxygen atoms in total. The molecule has 5 heteroatoms. The van der Waals surface area contributed by atoms with Crippen LogP contribution < -0.4 is 5.32 Å². The molecule has 3 rings (SSSR count). The number of nitrogens with one attached hydrogen (secondary N) is 1. The second-order valence-electron chi connectivity index (χ2n) is 5.97. The van der Waals surface area contributed by atoms with Crippen molar-refractivity contribution in [1.82, 2.24) is 5.32 Å². The number of carbonyl (C=O) groups is 1. The molecule has 0 saturated heterocycles. The van der Waals surface area contributed by atoms with Crippen molar-refractivity contribution in [2.24, 2.45) is 11.8 Å². The fourth-order valence-electron chi connectivity index (χ4n) is 3.53. The number of hydrogen-bond acceptors (Lipinski definition) is 3. The Kier molecular flexibility index (Phi) is 3.73. The van der Waals surface area contributed by atoms with Gasteiger partial charge in [-0.25, -0.2) is 0 Å². The fraction of sp³-hybridized carbons (Fsp3) is 0.438. The lowest BCUT2D eigenvalue weighted by atomic mass is 9.95. The van der Waals surface area contributed by atoms with Crippen LogP contribution in [-0.4, -0.2) is 16.9 Å². The molecule has 2 saturated carbocycles. The van der Waals surface area contributed by atoms with Gasteiger partial charge in [-0.15, -0.1) is 0 Å². The van der Waals surface area contributed by atoms with Crippen molar-refractivity contribution in [1.29, 1.82) is 0 Å². The van der Waals surface area contributed by atoms with Crippen LogP contribution in [0.2, 0.25) is 0 Å². The minimum atomic E-state index is -0.435. The zero-order valence-electron chi connectivity index (χ0n) is 11.7. The van der Waals surface area contributed by atoms with E-state index in [2.05, 4.69) is 5.32 Å². The van der Waals surface area contributed by atoms with Crippen molar-refractivity contribution >= 4 is 17.7 Å². The SMILES string of the molecule is O=C(/C=C/c1ccc([N+](=O)[O-])cc1)N[C@H]1C[C@H]2CC[C@H]1C2. The molecule has 1 aromatic rings. The maximum Gasteiger partial charge on any atom is 0.269 e. The maximum absolute atomic E-state index is 11.9. The van der Waals surface area contributed by atoms with Gasteiger partial charge in [-0.1, -0.05) is 6.42 Å². The van der Waals surface area contributed by atoms with Crippen molar-refractivity contribution in [3.63, 3.8) is 0 Å². The Morgan fingerprint density at radius 2 is 2.00 bits per heavy atom. The smallest absolute Gasteiger partial charge is 0.269 e. The Bertz CT molecular complexity index is 580. The molecule has 0 aliphatic heterocycles. The van der Waals surface area contributed by atoms with Crippen molar-refractivity contribution in [2.75, 3.05) is 0 Å². The second-order valence-corrected chi connectivity index (χ2v) is 5.97. The third-order valence-electron chi connectivity index (χ3n) is 4.60. The number of fused-ring (bicyclic) bond motifs is 2. The van der Waals surface area contributed by atoms with Gasteiger partial charge in [0.1, 0.15) is 0 Å². The Hall–Kier alpha value is -2.17. The van der Waals surface area contributed by atoms with E-state index in [1.165, 1.54) is 37.5 Å². The predicted molar refractivity (Wildman–Crippen MR) is 79.5 cm³/mol. The summed E-state index contributed by atoms with van der Waals surface area (Å²) in [5.41, 5.74) is 0.835.